The van der Waals surface area contributed by atoms with E-state index in [-0.39, 0.29) is 6.03 Å². The van der Waals surface area contributed by atoms with Crippen LogP contribution in [0, 0.1) is 6.92 Å². The number of anilines is 2. The Morgan fingerprint density at radius 2 is 2.11 bits per heavy atom. The van der Waals surface area contributed by atoms with Crippen LogP contribution in [0.25, 0.3) is 0 Å². The second kappa shape index (κ2) is 5.97. The van der Waals surface area contributed by atoms with E-state index in [0.717, 1.165) is 11.1 Å². The Morgan fingerprint density at radius 1 is 1.26 bits per heavy atom. The third kappa shape index (κ3) is 3.53. The Morgan fingerprint density at radius 3 is 2.84 bits per heavy atom. The number of rotatable bonds is 3. The molecule has 1 aromatic heterocycles. The molecule has 0 aliphatic heterocycles. The topological polar surface area (TPSA) is 80.0 Å². The number of amides is 2. The number of hydrogen-bond donors (Lipinski definition) is 3. The average molecular weight is 256 g/mol. The Balaban J connectivity index is 2.03. The van der Waals surface area contributed by atoms with Crippen molar-refractivity contribution in [2.24, 2.45) is 5.73 Å². The molecule has 0 saturated heterocycles. The number of aromatic nitrogens is 1. The van der Waals surface area contributed by atoms with Gasteiger partial charge in [-0.15, -0.1) is 0 Å². The molecule has 0 atom stereocenters. The van der Waals surface area contributed by atoms with Gasteiger partial charge in [-0.1, -0.05) is 18.2 Å². The maximum atomic E-state index is 11.8. The second-order valence-corrected chi connectivity index (χ2v) is 4.15. The van der Waals surface area contributed by atoms with Gasteiger partial charge in [0.15, 0.2) is 0 Å². The monoisotopic (exact) mass is 256 g/mol. The summed E-state index contributed by atoms with van der Waals surface area (Å²) in [6, 6.07) is 10.8. The predicted molar refractivity (Wildman–Crippen MR) is 75.9 cm³/mol. The fraction of sp³-hybridized carbons (Fsp3) is 0.143. The molecule has 2 amide bonds. The quantitative estimate of drug-likeness (QED) is 0.789. The first-order valence-electron chi connectivity index (χ1n) is 5.97. The normalized spacial score (nSPS) is 10.0. The molecule has 0 saturated carbocycles. The van der Waals surface area contributed by atoms with Gasteiger partial charge in [0.2, 0.25) is 0 Å². The van der Waals surface area contributed by atoms with Crippen LogP contribution >= 0.6 is 0 Å². The third-order valence-corrected chi connectivity index (χ3v) is 2.66. The van der Waals surface area contributed by atoms with Crippen molar-refractivity contribution in [1.82, 2.24) is 4.98 Å². The highest BCUT2D eigenvalue weighted by molar-refractivity contribution is 5.99. The van der Waals surface area contributed by atoms with Crippen molar-refractivity contribution in [1.29, 1.82) is 0 Å². The minimum Gasteiger partial charge on any atom is -0.326 e. The van der Waals surface area contributed by atoms with Crippen molar-refractivity contribution in [3.63, 3.8) is 0 Å². The van der Waals surface area contributed by atoms with E-state index < -0.39 is 0 Å². The van der Waals surface area contributed by atoms with Crippen molar-refractivity contribution in [2.75, 3.05) is 10.6 Å². The van der Waals surface area contributed by atoms with Gasteiger partial charge in [0.1, 0.15) is 5.82 Å². The van der Waals surface area contributed by atoms with Gasteiger partial charge in [-0.2, -0.15) is 0 Å². The SMILES string of the molecule is Cc1cccnc1NC(=O)Nc1cccc(CN)c1. The summed E-state index contributed by atoms with van der Waals surface area (Å²) in [5.41, 5.74) is 8.13. The first-order chi connectivity index (χ1) is 9.19. The lowest BCUT2D eigenvalue weighted by Crippen LogP contribution is -2.20. The number of benzene rings is 1. The number of pyridine rings is 1. The predicted octanol–water partition coefficient (Wildman–Crippen LogP) is 2.49. The van der Waals surface area contributed by atoms with Crippen LogP contribution in [0.1, 0.15) is 11.1 Å². The summed E-state index contributed by atoms with van der Waals surface area (Å²) in [6.45, 7) is 2.33. The molecule has 1 aromatic carbocycles. The molecule has 2 rings (SSSR count). The van der Waals surface area contributed by atoms with E-state index in [1.165, 1.54) is 0 Å². The number of carbonyl (C=O) groups is 1. The molecule has 0 fully saturated rings. The van der Waals surface area contributed by atoms with Gasteiger partial charge in [-0.25, -0.2) is 9.78 Å². The zero-order valence-electron chi connectivity index (χ0n) is 10.7. The summed E-state index contributed by atoms with van der Waals surface area (Å²) >= 11 is 0. The molecule has 5 heteroatoms. The van der Waals surface area contributed by atoms with Gasteiger partial charge < -0.3 is 11.1 Å². The molecular formula is C14H16N4O. The standard InChI is InChI=1S/C14H16N4O/c1-10-4-3-7-16-13(10)18-14(19)17-12-6-2-5-11(8-12)9-15/h2-8H,9,15H2,1H3,(H2,16,17,18,19). The molecule has 0 aliphatic carbocycles. The molecule has 1 heterocycles. The smallest absolute Gasteiger partial charge is 0.324 e. The number of carbonyl (C=O) groups excluding carboxylic acids is 1. The van der Waals surface area contributed by atoms with Gasteiger partial charge in [0, 0.05) is 18.4 Å². The van der Waals surface area contributed by atoms with E-state index in [9.17, 15) is 4.79 Å². The molecule has 0 bridgehead atoms. The Bertz CT molecular complexity index is 583. The summed E-state index contributed by atoms with van der Waals surface area (Å²) < 4.78 is 0. The Hall–Kier alpha value is -2.40. The van der Waals surface area contributed by atoms with Crippen molar-refractivity contribution >= 4 is 17.5 Å². The van der Waals surface area contributed by atoms with E-state index in [1.54, 1.807) is 6.20 Å². The van der Waals surface area contributed by atoms with Gasteiger partial charge in [-0.05, 0) is 36.2 Å². The first-order valence-corrected chi connectivity index (χ1v) is 5.97. The zero-order valence-corrected chi connectivity index (χ0v) is 10.7. The highest BCUT2D eigenvalue weighted by Gasteiger charge is 2.05. The molecular weight excluding hydrogens is 240 g/mol. The molecule has 0 spiro atoms. The number of hydrogen-bond acceptors (Lipinski definition) is 3. The molecule has 0 aliphatic rings. The van der Waals surface area contributed by atoms with Crippen molar-refractivity contribution < 1.29 is 4.79 Å². The summed E-state index contributed by atoms with van der Waals surface area (Å²) in [4.78, 5) is 15.9. The molecule has 19 heavy (non-hydrogen) atoms. The summed E-state index contributed by atoms with van der Waals surface area (Å²) in [5, 5.41) is 5.45. The molecule has 98 valence electrons. The summed E-state index contributed by atoms with van der Waals surface area (Å²) in [7, 11) is 0. The van der Waals surface area contributed by atoms with Crippen LogP contribution in [-0.4, -0.2) is 11.0 Å². The van der Waals surface area contributed by atoms with Crippen LogP contribution in [0.5, 0.6) is 0 Å². The molecule has 5 nitrogen and oxygen atoms in total. The van der Waals surface area contributed by atoms with Crippen LogP contribution in [0.4, 0.5) is 16.3 Å². The van der Waals surface area contributed by atoms with Gasteiger partial charge in [0.25, 0.3) is 0 Å². The van der Waals surface area contributed by atoms with Gasteiger partial charge in [0.05, 0.1) is 0 Å². The third-order valence-electron chi connectivity index (χ3n) is 2.66. The highest BCUT2D eigenvalue weighted by Crippen LogP contribution is 2.12. The number of nitrogens with one attached hydrogen (secondary N) is 2. The van der Waals surface area contributed by atoms with E-state index >= 15 is 0 Å². The largest absolute Gasteiger partial charge is 0.326 e. The van der Waals surface area contributed by atoms with Crippen molar-refractivity contribution in [3.8, 4) is 0 Å². The molecule has 0 unspecified atom stereocenters. The average Bonchev–Trinajstić information content (AvgIpc) is 2.41. The number of nitrogens with two attached hydrogens (primary N) is 1. The van der Waals surface area contributed by atoms with E-state index in [0.29, 0.717) is 18.1 Å². The Kier molecular flexibility index (Phi) is 4.10. The van der Waals surface area contributed by atoms with Crippen LogP contribution in [-0.2, 0) is 6.54 Å². The number of urea groups is 1. The maximum Gasteiger partial charge on any atom is 0.324 e. The molecule has 0 radical (unpaired) electrons. The van der Waals surface area contributed by atoms with E-state index in [2.05, 4.69) is 15.6 Å². The fourth-order valence-electron chi connectivity index (χ4n) is 1.66. The molecule has 4 N–H and O–H groups in total. The fourth-order valence-corrected chi connectivity index (χ4v) is 1.66. The first kappa shape index (κ1) is 13.0. The minimum absolute atomic E-state index is 0.323. The van der Waals surface area contributed by atoms with E-state index in [4.69, 9.17) is 5.73 Å². The zero-order chi connectivity index (χ0) is 13.7. The van der Waals surface area contributed by atoms with Crippen LogP contribution in [0.2, 0.25) is 0 Å². The Labute approximate surface area is 111 Å². The van der Waals surface area contributed by atoms with Crippen LogP contribution in [0.3, 0.4) is 0 Å². The van der Waals surface area contributed by atoms with Crippen LogP contribution < -0.4 is 16.4 Å². The summed E-state index contributed by atoms with van der Waals surface area (Å²) in [6.07, 6.45) is 1.64. The van der Waals surface area contributed by atoms with Gasteiger partial charge in [-0.3, -0.25) is 5.32 Å². The lowest BCUT2D eigenvalue weighted by molar-refractivity contribution is 0.262. The van der Waals surface area contributed by atoms with Crippen LogP contribution in [0.15, 0.2) is 42.6 Å². The van der Waals surface area contributed by atoms with Crippen molar-refractivity contribution in [2.45, 2.75) is 13.5 Å². The summed E-state index contributed by atoms with van der Waals surface area (Å²) in [5.74, 6) is 0.551. The van der Waals surface area contributed by atoms with Crippen molar-refractivity contribution in [3.05, 3.63) is 53.7 Å². The number of nitrogens with zero attached hydrogens (tertiary/aromatic N) is 1. The highest BCUT2D eigenvalue weighted by atomic mass is 16.2. The number of aryl methyl sites for hydroxylation is 1. The molecule has 2 aromatic rings. The lowest BCUT2D eigenvalue weighted by Gasteiger charge is -2.09. The maximum absolute atomic E-state index is 11.8. The minimum atomic E-state index is -0.323. The lowest BCUT2D eigenvalue weighted by atomic mass is 10.2. The van der Waals surface area contributed by atoms with Gasteiger partial charge >= 0.3 is 6.03 Å². The van der Waals surface area contributed by atoms with E-state index in [1.807, 2.05) is 43.3 Å². The second-order valence-electron chi connectivity index (χ2n) is 4.15.